The summed E-state index contributed by atoms with van der Waals surface area (Å²) in [5, 5.41) is 13.1. The molecular formula is C12H15Cl2NO2. The van der Waals surface area contributed by atoms with Crippen LogP contribution >= 0.6 is 23.2 Å². The Kier molecular flexibility index (Phi) is 5.25. The molecule has 0 aliphatic rings. The van der Waals surface area contributed by atoms with Crippen molar-refractivity contribution in [3.8, 4) is 0 Å². The van der Waals surface area contributed by atoms with Gasteiger partial charge in [-0.3, -0.25) is 4.79 Å². The van der Waals surface area contributed by atoms with Gasteiger partial charge in [0.05, 0.1) is 22.1 Å². The van der Waals surface area contributed by atoms with Gasteiger partial charge in [0.2, 0.25) is 5.91 Å². The van der Waals surface area contributed by atoms with Crippen LogP contribution in [0.2, 0.25) is 10.0 Å². The lowest BCUT2D eigenvalue weighted by molar-refractivity contribution is -0.122. The van der Waals surface area contributed by atoms with E-state index in [1.807, 2.05) is 6.92 Å². The van der Waals surface area contributed by atoms with E-state index in [-0.39, 0.29) is 5.91 Å². The SMILES string of the molecule is CCC(O)C(C)C(=O)Nc1ccc(Cl)c(Cl)c1. The summed E-state index contributed by atoms with van der Waals surface area (Å²) in [6.45, 7) is 3.51. The molecule has 0 aliphatic heterocycles. The van der Waals surface area contributed by atoms with E-state index in [0.29, 0.717) is 22.2 Å². The van der Waals surface area contributed by atoms with Gasteiger partial charge in [0.15, 0.2) is 0 Å². The summed E-state index contributed by atoms with van der Waals surface area (Å²) in [5.41, 5.74) is 0.569. The maximum absolute atomic E-state index is 11.8. The van der Waals surface area contributed by atoms with Crippen molar-refractivity contribution in [2.45, 2.75) is 26.4 Å². The van der Waals surface area contributed by atoms with E-state index in [9.17, 15) is 9.90 Å². The Bertz CT molecular complexity index is 409. The fourth-order valence-corrected chi connectivity index (χ4v) is 1.66. The van der Waals surface area contributed by atoms with E-state index < -0.39 is 12.0 Å². The van der Waals surface area contributed by atoms with Crippen LogP contribution in [0.15, 0.2) is 18.2 Å². The summed E-state index contributed by atoms with van der Waals surface area (Å²) in [6.07, 6.45) is -0.103. The molecule has 1 aromatic rings. The highest BCUT2D eigenvalue weighted by atomic mass is 35.5. The highest BCUT2D eigenvalue weighted by molar-refractivity contribution is 6.42. The van der Waals surface area contributed by atoms with Crippen molar-refractivity contribution in [3.63, 3.8) is 0 Å². The van der Waals surface area contributed by atoms with Gasteiger partial charge in [0.25, 0.3) is 0 Å². The van der Waals surface area contributed by atoms with Gasteiger partial charge in [-0.1, -0.05) is 37.0 Å². The van der Waals surface area contributed by atoms with Gasteiger partial charge in [-0.15, -0.1) is 0 Å². The van der Waals surface area contributed by atoms with Crippen LogP contribution in [-0.2, 0) is 4.79 Å². The number of rotatable bonds is 4. The minimum absolute atomic E-state index is 0.238. The van der Waals surface area contributed by atoms with Crippen LogP contribution in [0.1, 0.15) is 20.3 Å². The topological polar surface area (TPSA) is 49.3 Å². The number of benzene rings is 1. The smallest absolute Gasteiger partial charge is 0.229 e. The Labute approximate surface area is 111 Å². The number of carbonyl (C=O) groups is 1. The molecule has 0 radical (unpaired) electrons. The monoisotopic (exact) mass is 275 g/mol. The minimum Gasteiger partial charge on any atom is -0.392 e. The molecular weight excluding hydrogens is 261 g/mol. The molecule has 2 N–H and O–H groups in total. The Morgan fingerprint density at radius 2 is 2.06 bits per heavy atom. The molecule has 0 heterocycles. The molecule has 0 spiro atoms. The molecule has 0 aliphatic carbocycles. The first-order chi connectivity index (χ1) is 7.95. The van der Waals surface area contributed by atoms with Crippen LogP contribution in [-0.4, -0.2) is 17.1 Å². The van der Waals surface area contributed by atoms with Crippen LogP contribution < -0.4 is 5.32 Å². The van der Waals surface area contributed by atoms with Crippen molar-refractivity contribution in [2.24, 2.45) is 5.92 Å². The zero-order valence-electron chi connectivity index (χ0n) is 9.71. The first kappa shape index (κ1) is 14.3. The highest BCUT2D eigenvalue weighted by Gasteiger charge is 2.20. The predicted molar refractivity (Wildman–Crippen MR) is 70.6 cm³/mol. The Balaban J connectivity index is 2.71. The summed E-state index contributed by atoms with van der Waals surface area (Å²) in [4.78, 5) is 11.8. The summed E-state index contributed by atoms with van der Waals surface area (Å²) in [7, 11) is 0. The molecule has 5 heteroatoms. The molecule has 94 valence electrons. The van der Waals surface area contributed by atoms with Gasteiger partial charge >= 0.3 is 0 Å². The molecule has 0 saturated heterocycles. The van der Waals surface area contributed by atoms with Gasteiger partial charge < -0.3 is 10.4 Å². The van der Waals surface area contributed by atoms with E-state index >= 15 is 0 Å². The second-order valence-corrected chi connectivity index (χ2v) is 4.70. The molecule has 0 aromatic heterocycles. The second kappa shape index (κ2) is 6.24. The number of hydrogen-bond acceptors (Lipinski definition) is 2. The van der Waals surface area contributed by atoms with Crippen molar-refractivity contribution in [3.05, 3.63) is 28.2 Å². The van der Waals surface area contributed by atoms with E-state index in [1.165, 1.54) is 0 Å². The molecule has 0 fully saturated rings. The molecule has 0 saturated carbocycles. The molecule has 17 heavy (non-hydrogen) atoms. The number of nitrogens with one attached hydrogen (secondary N) is 1. The lowest BCUT2D eigenvalue weighted by Crippen LogP contribution is -2.30. The van der Waals surface area contributed by atoms with Crippen molar-refractivity contribution in [1.82, 2.24) is 0 Å². The molecule has 3 nitrogen and oxygen atoms in total. The predicted octanol–water partition coefficient (Wildman–Crippen LogP) is 3.34. The van der Waals surface area contributed by atoms with E-state index in [0.717, 1.165) is 0 Å². The first-order valence-corrected chi connectivity index (χ1v) is 6.15. The van der Waals surface area contributed by atoms with Crippen LogP contribution in [0, 0.1) is 5.92 Å². The van der Waals surface area contributed by atoms with Gasteiger partial charge in [-0.2, -0.15) is 0 Å². The highest BCUT2D eigenvalue weighted by Crippen LogP contribution is 2.25. The normalized spacial score (nSPS) is 14.2. The number of halogens is 2. The van der Waals surface area contributed by atoms with Gasteiger partial charge in [-0.25, -0.2) is 0 Å². The number of amides is 1. The van der Waals surface area contributed by atoms with Crippen molar-refractivity contribution in [2.75, 3.05) is 5.32 Å². The summed E-state index contributed by atoms with van der Waals surface area (Å²) in [6, 6.07) is 4.85. The third-order valence-corrected chi connectivity index (χ3v) is 3.34. The number of aliphatic hydroxyl groups is 1. The average molecular weight is 276 g/mol. The average Bonchev–Trinajstić information content (AvgIpc) is 2.31. The van der Waals surface area contributed by atoms with Gasteiger partial charge in [0, 0.05) is 5.69 Å². The van der Waals surface area contributed by atoms with Crippen LogP contribution in [0.25, 0.3) is 0 Å². The molecule has 0 bridgehead atoms. The fraction of sp³-hybridized carbons (Fsp3) is 0.417. The zero-order chi connectivity index (χ0) is 13.0. The Morgan fingerprint density at radius 1 is 1.41 bits per heavy atom. The maximum atomic E-state index is 11.8. The molecule has 1 aromatic carbocycles. The zero-order valence-corrected chi connectivity index (χ0v) is 11.2. The van der Waals surface area contributed by atoms with Crippen LogP contribution in [0.5, 0.6) is 0 Å². The van der Waals surface area contributed by atoms with Gasteiger partial charge in [-0.05, 0) is 24.6 Å². The Hall–Kier alpha value is -0.770. The van der Waals surface area contributed by atoms with E-state index in [1.54, 1.807) is 25.1 Å². The van der Waals surface area contributed by atoms with Crippen molar-refractivity contribution >= 4 is 34.8 Å². The number of hydrogen-bond donors (Lipinski definition) is 2. The summed E-state index contributed by atoms with van der Waals surface area (Å²) in [5.74, 6) is -0.702. The largest absolute Gasteiger partial charge is 0.392 e. The number of carbonyl (C=O) groups excluding carboxylic acids is 1. The summed E-state index contributed by atoms with van der Waals surface area (Å²) < 4.78 is 0. The quantitative estimate of drug-likeness (QED) is 0.886. The van der Waals surface area contributed by atoms with Crippen LogP contribution in [0.4, 0.5) is 5.69 Å². The third-order valence-electron chi connectivity index (χ3n) is 2.60. The molecule has 1 rings (SSSR count). The number of anilines is 1. The Morgan fingerprint density at radius 3 is 2.59 bits per heavy atom. The molecule has 2 unspecified atom stereocenters. The number of aliphatic hydroxyl groups excluding tert-OH is 1. The second-order valence-electron chi connectivity index (χ2n) is 3.88. The first-order valence-electron chi connectivity index (χ1n) is 5.39. The standard InChI is InChI=1S/C12H15Cl2NO2/c1-3-11(16)7(2)12(17)15-8-4-5-9(13)10(14)6-8/h4-7,11,16H,3H2,1-2H3,(H,15,17). The maximum Gasteiger partial charge on any atom is 0.229 e. The molecule has 1 amide bonds. The minimum atomic E-state index is -0.641. The van der Waals surface area contributed by atoms with E-state index in [2.05, 4.69) is 5.32 Å². The van der Waals surface area contributed by atoms with Crippen molar-refractivity contribution < 1.29 is 9.90 Å². The third kappa shape index (κ3) is 3.87. The lowest BCUT2D eigenvalue weighted by atomic mass is 10.0. The summed E-state index contributed by atoms with van der Waals surface area (Å²) >= 11 is 11.6. The fourth-order valence-electron chi connectivity index (χ4n) is 1.36. The van der Waals surface area contributed by atoms with Gasteiger partial charge in [0.1, 0.15) is 0 Å². The van der Waals surface area contributed by atoms with Crippen molar-refractivity contribution in [1.29, 1.82) is 0 Å². The van der Waals surface area contributed by atoms with E-state index in [4.69, 9.17) is 23.2 Å². The lowest BCUT2D eigenvalue weighted by Gasteiger charge is -2.17. The van der Waals surface area contributed by atoms with Crippen LogP contribution in [0.3, 0.4) is 0 Å². The molecule has 2 atom stereocenters.